The molecule has 90 valence electrons. The summed E-state index contributed by atoms with van der Waals surface area (Å²) >= 11 is 5.93. The number of nitrogens with one attached hydrogen (secondary N) is 1. The Hall–Kier alpha value is -2.04. The molecule has 0 spiro atoms. The summed E-state index contributed by atoms with van der Waals surface area (Å²) in [5, 5.41) is 30.0. The van der Waals surface area contributed by atoms with Gasteiger partial charge in [-0.05, 0) is 23.8 Å². The van der Waals surface area contributed by atoms with Gasteiger partial charge in [-0.1, -0.05) is 24.0 Å². The molecule has 0 saturated carbocycles. The number of thiocarbonyl (C=S) groups is 1. The summed E-state index contributed by atoms with van der Waals surface area (Å²) in [6, 6.07) is 4.38. The molecule has 1 amide bonds. The van der Waals surface area contributed by atoms with Crippen LogP contribution in [0.1, 0.15) is 11.1 Å². The molecule has 18 heavy (non-hydrogen) atoms. The van der Waals surface area contributed by atoms with Crippen LogP contribution in [0.2, 0.25) is 0 Å². The lowest BCUT2D eigenvalue weighted by Gasteiger charge is -2.02. The Kier molecular flexibility index (Phi) is 3.23. The molecule has 0 atom stereocenters. The first-order valence-corrected chi connectivity index (χ1v) is 5.94. The lowest BCUT2D eigenvalue weighted by atomic mass is 10.1. The van der Waals surface area contributed by atoms with Gasteiger partial charge in [-0.15, -0.1) is 0 Å². The van der Waals surface area contributed by atoms with Gasteiger partial charge in [0.15, 0.2) is 11.5 Å². The van der Waals surface area contributed by atoms with Gasteiger partial charge in [0.2, 0.25) is 0 Å². The topological polar surface area (TPSA) is 93.4 Å². The molecular weight excluding hydrogens is 272 g/mol. The summed E-state index contributed by atoms with van der Waals surface area (Å²) in [6.07, 6.45) is 1.49. The summed E-state index contributed by atoms with van der Waals surface area (Å²) in [5.41, 5.74) is 0.372. The highest BCUT2D eigenvalue weighted by Gasteiger charge is 2.22. The van der Waals surface area contributed by atoms with Crippen molar-refractivity contribution in [1.29, 1.82) is 5.26 Å². The maximum atomic E-state index is 11.4. The molecule has 1 aromatic carbocycles. The van der Waals surface area contributed by atoms with E-state index in [1.54, 1.807) is 6.07 Å². The number of nitriles is 1. The third-order valence-electron chi connectivity index (χ3n) is 2.17. The van der Waals surface area contributed by atoms with E-state index in [1.807, 2.05) is 0 Å². The van der Waals surface area contributed by atoms with E-state index in [-0.39, 0.29) is 11.5 Å². The van der Waals surface area contributed by atoms with E-state index in [2.05, 4.69) is 5.32 Å². The van der Waals surface area contributed by atoms with Crippen molar-refractivity contribution < 1.29 is 15.0 Å². The van der Waals surface area contributed by atoms with Crippen LogP contribution in [0.4, 0.5) is 0 Å². The Morgan fingerprint density at radius 3 is 2.72 bits per heavy atom. The lowest BCUT2D eigenvalue weighted by Crippen LogP contribution is -2.17. The highest BCUT2D eigenvalue weighted by atomic mass is 32.2. The molecule has 0 unspecified atom stereocenters. The standard InChI is InChI=1S/C11H6N2O3S2/c12-4-6-1-5(2-7(14)9(6)15)3-8-10(16)13-11(17)18-8/h1-3,14-15H,(H,13,16,17). The van der Waals surface area contributed by atoms with E-state index >= 15 is 0 Å². The highest BCUT2D eigenvalue weighted by molar-refractivity contribution is 8.26. The van der Waals surface area contributed by atoms with Crippen molar-refractivity contribution in [1.82, 2.24) is 5.32 Å². The summed E-state index contributed by atoms with van der Waals surface area (Å²) in [6.45, 7) is 0. The number of thioether (sulfide) groups is 1. The zero-order valence-electron chi connectivity index (χ0n) is 8.80. The quantitative estimate of drug-likeness (QED) is 0.409. The molecule has 1 saturated heterocycles. The van der Waals surface area contributed by atoms with Crippen molar-refractivity contribution in [2.24, 2.45) is 0 Å². The van der Waals surface area contributed by atoms with Crippen LogP contribution in [-0.4, -0.2) is 20.4 Å². The van der Waals surface area contributed by atoms with Crippen LogP contribution in [0.3, 0.4) is 0 Å². The highest BCUT2D eigenvalue weighted by Crippen LogP contribution is 2.32. The zero-order chi connectivity index (χ0) is 13.3. The number of hydrogen-bond donors (Lipinski definition) is 3. The second-order valence-electron chi connectivity index (χ2n) is 3.40. The fourth-order valence-corrected chi connectivity index (χ4v) is 2.43. The van der Waals surface area contributed by atoms with Crippen LogP contribution in [0.5, 0.6) is 11.5 Å². The number of carbonyl (C=O) groups excluding carboxylic acids is 1. The molecule has 1 aliphatic rings. The second-order valence-corrected chi connectivity index (χ2v) is 5.12. The van der Waals surface area contributed by atoms with Crippen LogP contribution >= 0.6 is 24.0 Å². The molecule has 5 nitrogen and oxygen atoms in total. The lowest BCUT2D eigenvalue weighted by molar-refractivity contribution is -0.115. The molecule has 0 aromatic heterocycles. The minimum absolute atomic E-state index is 0.0622. The van der Waals surface area contributed by atoms with E-state index in [4.69, 9.17) is 17.5 Å². The fraction of sp³-hybridized carbons (Fsp3) is 0. The molecule has 3 N–H and O–H groups in total. The van der Waals surface area contributed by atoms with E-state index in [0.717, 1.165) is 11.8 Å². The first-order chi connectivity index (χ1) is 8.51. The Morgan fingerprint density at radius 1 is 1.44 bits per heavy atom. The molecule has 1 aliphatic heterocycles. The third-order valence-corrected chi connectivity index (χ3v) is 3.34. The summed E-state index contributed by atoms with van der Waals surface area (Å²) in [7, 11) is 0. The average Bonchev–Trinajstić information content (AvgIpc) is 2.62. The van der Waals surface area contributed by atoms with E-state index in [0.29, 0.717) is 14.8 Å². The molecule has 0 bridgehead atoms. The van der Waals surface area contributed by atoms with Gasteiger partial charge in [0.25, 0.3) is 5.91 Å². The van der Waals surface area contributed by atoms with Crippen molar-refractivity contribution in [3.8, 4) is 17.6 Å². The van der Waals surface area contributed by atoms with Crippen molar-refractivity contribution in [3.05, 3.63) is 28.2 Å². The number of aromatic hydroxyl groups is 2. The Bertz CT molecular complexity index is 632. The maximum Gasteiger partial charge on any atom is 0.263 e. The predicted octanol–water partition coefficient (Wildman–Crippen LogP) is 1.46. The first-order valence-electron chi connectivity index (χ1n) is 4.72. The summed E-state index contributed by atoms with van der Waals surface area (Å²) < 4.78 is 0.356. The number of carbonyl (C=O) groups is 1. The van der Waals surface area contributed by atoms with E-state index in [9.17, 15) is 15.0 Å². The monoisotopic (exact) mass is 278 g/mol. The molecule has 1 heterocycles. The second kappa shape index (κ2) is 4.68. The van der Waals surface area contributed by atoms with Crippen molar-refractivity contribution in [2.45, 2.75) is 0 Å². The van der Waals surface area contributed by atoms with Gasteiger partial charge >= 0.3 is 0 Å². The van der Waals surface area contributed by atoms with E-state index < -0.39 is 11.5 Å². The number of hydrogen-bond acceptors (Lipinski definition) is 6. The summed E-state index contributed by atoms with van der Waals surface area (Å²) in [5.74, 6) is -1.21. The fourth-order valence-electron chi connectivity index (χ4n) is 1.38. The van der Waals surface area contributed by atoms with Gasteiger partial charge in [0, 0.05) is 0 Å². The molecular formula is C11H6N2O3S2. The normalized spacial score (nSPS) is 16.7. The molecule has 1 fully saturated rings. The average molecular weight is 278 g/mol. The molecule has 2 rings (SSSR count). The predicted molar refractivity (Wildman–Crippen MR) is 70.8 cm³/mol. The van der Waals surface area contributed by atoms with Crippen LogP contribution in [0.25, 0.3) is 6.08 Å². The van der Waals surface area contributed by atoms with Gasteiger partial charge in [-0.3, -0.25) is 4.79 Å². The maximum absolute atomic E-state index is 11.4. The molecule has 7 heteroatoms. The number of rotatable bonds is 1. The smallest absolute Gasteiger partial charge is 0.263 e. The van der Waals surface area contributed by atoms with Crippen molar-refractivity contribution in [2.75, 3.05) is 0 Å². The Balaban J connectivity index is 2.45. The molecule has 0 radical (unpaired) electrons. The van der Waals surface area contributed by atoms with Crippen LogP contribution in [0.15, 0.2) is 17.0 Å². The van der Waals surface area contributed by atoms with Crippen LogP contribution < -0.4 is 5.32 Å². The summed E-state index contributed by atoms with van der Waals surface area (Å²) in [4.78, 5) is 11.8. The largest absolute Gasteiger partial charge is 0.504 e. The first kappa shape index (κ1) is 12.4. The SMILES string of the molecule is N#Cc1cc(C=C2SC(=S)NC2=O)cc(O)c1O. The number of phenols is 2. The van der Waals surface area contributed by atoms with Gasteiger partial charge < -0.3 is 15.5 Å². The van der Waals surface area contributed by atoms with Crippen molar-refractivity contribution >= 4 is 40.3 Å². The minimum atomic E-state index is -0.473. The number of nitrogens with zero attached hydrogens (tertiary/aromatic N) is 1. The number of benzene rings is 1. The van der Waals surface area contributed by atoms with E-state index in [1.165, 1.54) is 18.2 Å². The van der Waals surface area contributed by atoms with Crippen molar-refractivity contribution in [3.63, 3.8) is 0 Å². The van der Waals surface area contributed by atoms with Crippen LogP contribution in [0, 0.1) is 11.3 Å². The number of phenolic OH excluding ortho intramolecular Hbond substituents is 2. The number of amides is 1. The molecule has 0 aliphatic carbocycles. The van der Waals surface area contributed by atoms with Gasteiger partial charge in [0.1, 0.15) is 10.4 Å². The Morgan fingerprint density at radius 2 is 2.17 bits per heavy atom. The van der Waals surface area contributed by atoms with Crippen LogP contribution in [-0.2, 0) is 4.79 Å². The Labute approximate surface area is 112 Å². The third kappa shape index (κ3) is 2.30. The molecule has 1 aromatic rings. The van der Waals surface area contributed by atoms with Gasteiger partial charge in [-0.25, -0.2) is 0 Å². The van der Waals surface area contributed by atoms with Gasteiger partial charge in [-0.2, -0.15) is 5.26 Å². The minimum Gasteiger partial charge on any atom is -0.504 e. The van der Waals surface area contributed by atoms with Gasteiger partial charge in [0.05, 0.1) is 10.5 Å². The zero-order valence-corrected chi connectivity index (χ0v) is 10.4.